The van der Waals surface area contributed by atoms with Crippen molar-refractivity contribution in [1.82, 2.24) is 36.1 Å². The average molecular weight is 708 g/mol. The normalized spacial score (nSPS) is 22.0. The van der Waals surface area contributed by atoms with Crippen LogP contribution in [0.25, 0.3) is 0 Å². The summed E-state index contributed by atoms with van der Waals surface area (Å²) in [7, 11) is 0. The van der Waals surface area contributed by atoms with Crippen LogP contribution < -0.4 is 21.3 Å². The van der Waals surface area contributed by atoms with Crippen LogP contribution in [0.2, 0.25) is 0 Å². The SMILES string of the molecule is CCCC(NC(=O)[C@@H]1[C@H]2CC[C@H](F)[C@H]2CN1C(=O)[C@@H](NC(=O)[C@@H](NC(=O)c1cnccn1)C(C)C)C(C)C)C(=O)C(=O)N[C@@H](C)c1ccccc1. The molecule has 0 radical (unpaired) electrons. The zero-order valence-electron chi connectivity index (χ0n) is 30.1. The van der Waals surface area contributed by atoms with Gasteiger partial charge < -0.3 is 26.2 Å². The Balaban J connectivity index is 1.52. The van der Waals surface area contributed by atoms with Gasteiger partial charge in [0, 0.05) is 24.9 Å². The van der Waals surface area contributed by atoms with Crippen molar-refractivity contribution >= 4 is 35.3 Å². The van der Waals surface area contributed by atoms with Gasteiger partial charge >= 0.3 is 0 Å². The van der Waals surface area contributed by atoms with Gasteiger partial charge in [-0.2, -0.15) is 0 Å². The zero-order chi connectivity index (χ0) is 37.4. The maximum Gasteiger partial charge on any atom is 0.290 e. The highest BCUT2D eigenvalue weighted by Crippen LogP contribution is 2.44. The minimum Gasteiger partial charge on any atom is -0.344 e. The first-order chi connectivity index (χ1) is 24.2. The van der Waals surface area contributed by atoms with Crippen LogP contribution >= 0.6 is 0 Å². The van der Waals surface area contributed by atoms with Crippen LogP contribution in [-0.4, -0.2) is 87.1 Å². The number of benzene rings is 1. The Morgan fingerprint density at radius 1 is 0.863 bits per heavy atom. The molecule has 2 aliphatic rings. The van der Waals surface area contributed by atoms with Gasteiger partial charge in [-0.05, 0) is 49.5 Å². The molecular formula is C37H50FN7O6. The van der Waals surface area contributed by atoms with Gasteiger partial charge in [0.25, 0.3) is 11.8 Å². The van der Waals surface area contributed by atoms with E-state index >= 15 is 4.39 Å². The molecular weight excluding hydrogens is 657 g/mol. The molecule has 1 unspecified atom stereocenters. The molecule has 4 rings (SSSR count). The summed E-state index contributed by atoms with van der Waals surface area (Å²) in [4.78, 5) is 90.5. The van der Waals surface area contributed by atoms with Crippen molar-refractivity contribution in [3.8, 4) is 0 Å². The van der Waals surface area contributed by atoms with Crippen LogP contribution in [0.15, 0.2) is 48.9 Å². The number of nitrogens with one attached hydrogen (secondary N) is 4. The van der Waals surface area contributed by atoms with E-state index in [0.29, 0.717) is 12.8 Å². The van der Waals surface area contributed by atoms with Crippen molar-refractivity contribution in [3.05, 3.63) is 60.2 Å². The maximum absolute atomic E-state index is 15.2. The minimum atomic E-state index is -1.23. The molecule has 13 nitrogen and oxygen atoms in total. The molecule has 2 fully saturated rings. The number of fused-ring (bicyclic) bond motifs is 1. The fourth-order valence-electron chi connectivity index (χ4n) is 6.99. The van der Waals surface area contributed by atoms with Gasteiger partial charge in [0.2, 0.25) is 23.5 Å². The molecule has 0 bridgehead atoms. The molecule has 4 N–H and O–H groups in total. The summed E-state index contributed by atoms with van der Waals surface area (Å²) < 4.78 is 15.2. The number of halogens is 1. The standard InChI is InChI=1S/C37H50FN7O6/c1-7-11-27(32(46)36(50)41-22(6)23-12-9-8-10-13-23)42-35(49)31-24-14-15-26(38)25(24)19-45(31)37(51)30(21(4)5)44-34(48)29(20(2)3)43-33(47)28-18-39-16-17-40-28/h8-10,12-13,16-18,20-22,24-27,29-31H,7,11,14-15,19H2,1-6H3,(H,41,50)(H,42,49)(H,43,47)(H,44,48)/t22-,24-,25-,26-,27?,29-,30-,31-/m0/s1. The number of aromatic nitrogens is 2. The van der Waals surface area contributed by atoms with E-state index in [4.69, 9.17) is 0 Å². The third-order valence-electron chi connectivity index (χ3n) is 9.83. The summed E-state index contributed by atoms with van der Waals surface area (Å²) in [6.07, 6.45) is 4.08. The van der Waals surface area contributed by atoms with E-state index in [0.717, 1.165) is 5.56 Å². The van der Waals surface area contributed by atoms with E-state index in [2.05, 4.69) is 31.2 Å². The van der Waals surface area contributed by atoms with Gasteiger partial charge in [-0.3, -0.25) is 33.8 Å². The second-order valence-electron chi connectivity index (χ2n) is 14.2. The van der Waals surface area contributed by atoms with Crippen molar-refractivity contribution < 1.29 is 33.2 Å². The lowest BCUT2D eigenvalue weighted by atomic mass is 9.92. The predicted octanol–water partition coefficient (Wildman–Crippen LogP) is 2.68. The largest absolute Gasteiger partial charge is 0.344 e. The fraction of sp³-hybridized carbons (Fsp3) is 0.568. The molecule has 1 saturated carbocycles. The lowest BCUT2D eigenvalue weighted by molar-refractivity contribution is -0.145. The predicted molar refractivity (Wildman–Crippen MR) is 186 cm³/mol. The van der Waals surface area contributed by atoms with E-state index in [1.54, 1.807) is 34.6 Å². The van der Waals surface area contributed by atoms with E-state index < -0.39 is 89.5 Å². The number of ketones is 1. The fourth-order valence-corrected chi connectivity index (χ4v) is 6.99. The van der Waals surface area contributed by atoms with Crippen molar-refractivity contribution in [3.63, 3.8) is 0 Å². The second kappa shape index (κ2) is 17.5. The molecule has 1 saturated heterocycles. The summed E-state index contributed by atoms with van der Waals surface area (Å²) in [6.45, 7) is 10.5. The number of nitrogens with zero attached hydrogens (tertiary/aromatic N) is 3. The number of carbonyl (C=O) groups excluding carboxylic acids is 6. The monoisotopic (exact) mass is 707 g/mol. The smallest absolute Gasteiger partial charge is 0.290 e. The minimum absolute atomic E-state index is 0.0220. The highest BCUT2D eigenvalue weighted by Gasteiger charge is 2.55. The Kier molecular flexibility index (Phi) is 13.4. The second-order valence-corrected chi connectivity index (χ2v) is 14.2. The summed E-state index contributed by atoms with van der Waals surface area (Å²) in [6, 6.07) is 4.27. The number of alkyl halides is 1. The summed E-state index contributed by atoms with van der Waals surface area (Å²) in [5.41, 5.74) is 0.830. The quantitative estimate of drug-likeness (QED) is 0.204. The Morgan fingerprint density at radius 2 is 1.55 bits per heavy atom. The number of hydrogen-bond acceptors (Lipinski definition) is 8. The van der Waals surface area contributed by atoms with Gasteiger partial charge in [-0.25, -0.2) is 9.37 Å². The first kappa shape index (κ1) is 39.0. The summed E-state index contributed by atoms with van der Waals surface area (Å²) in [5.74, 6) is -6.02. The molecule has 2 aromatic rings. The van der Waals surface area contributed by atoms with Crippen LogP contribution in [-0.2, 0) is 24.0 Å². The lowest BCUT2D eigenvalue weighted by Crippen LogP contribution is -2.60. The molecule has 0 spiro atoms. The molecule has 2 heterocycles. The number of hydrogen-bond donors (Lipinski definition) is 4. The average Bonchev–Trinajstić information content (AvgIpc) is 3.68. The number of likely N-dealkylation sites (tertiary alicyclic amines) is 1. The topological polar surface area (TPSA) is 180 Å². The maximum atomic E-state index is 15.2. The summed E-state index contributed by atoms with van der Waals surface area (Å²) >= 11 is 0. The van der Waals surface area contributed by atoms with Crippen LogP contribution in [0.3, 0.4) is 0 Å². The Morgan fingerprint density at radius 3 is 2.16 bits per heavy atom. The van der Waals surface area contributed by atoms with Crippen molar-refractivity contribution in [2.24, 2.45) is 23.7 Å². The van der Waals surface area contributed by atoms with Crippen LogP contribution in [0.4, 0.5) is 4.39 Å². The molecule has 1 aromatic heterocycles. The number of carbonyl (C=O) groups is 6. The Hall–Kier alpha value is -4.75. The highest BCUT2D eigenvalue weighted by molar-refractivity contribution is 6.38. The molecule has 1 aliphatic carbocycles. The van der Waals surface area contributed by atoms with Gasteiger partial charge in [0.1, 0.15) is 30.0 Å². The molecule has 1 aromatic carbocycles. The first-order valence-corrected chi connectivity index (χ1v) is 17.8. The third kappa shape index (κ3) is 9.33. The number of rotatable bonds is 15. The highest BCUT2D eigenvalue weighted by atomic mass is 19.1. The molecule has 1 aliphatic heterocycles. The summed E-state index contributed by atoms with van der Waals surface area (Å²) in [5, 5.41) is 10.9. The lowest BCUT2D eigenvalue weighted by Gasteiger charge is -2.34. The van der Waals surface area contributed by atoms with E-state index in [1.165, 1.54) is 23.5 Å². The van der Waals surface area contributed by atoms with Gasteiger partial charge in [-0.1, -0.05) is 71.4 Å². The van der Waals surface area contributed by atoms with Gasteiger partial charge in [-0.15, -0.1) is 0 Å². The van der Waals surface area contributed by atoms with Crippen LogP contribution in [0, 0.1) is 23.7 Å². The van der Waals surface area contributed by atoms with Gasteiger partial charge in [0.05, 0.1) is 18.3 Å². The van der Waals surface area contributed by atoms with Crippen molar-refractivity contribution in [1.29, 1.82) is 0 Å². The molecule has 51 heavy (non-hydrogen) atoms. The van der Waals surface area contributed by atoms with Crippen LogP contribution in [0.1, 0.15) is 89.3 Å². The van der Waals surface area contributed by atoms with E-state index in [1.807, 2.05) is 37.3 Å². The van der Waals surface area contributed by atoms with E-state index in [-0.39, 0.29) is 31.0 Å². The zero-order valence-corrected chi connectivity index (χ0v) is 30.1. The Labute approximate surface area is 298 Å². The molecule has 5 amide bonds. The third-order valence-corrected chi connectivity index (χ3v) is 9.83. The van der Waals surface area contributed by atoms with Crippen LogP contribution in [0.5, 0.6) is 0 Å². The molecule has 276 valence electrons. The molecule has 8 atom stereocenters. The van der Waals surface area contributed by atoms with Crippen molar-refractivity contribution in [2.75, 3.05) is 6.54 Å². The number of Topliss-reactive ketones (excluding diaryl/α,β-unsaturated/α-hetero) is 1. The van der Waals surface area contributed by atoms with E-state index in [9.17, 15) is 28.8 Å². The van der Waals surface area contributed by atoms with Gasteiger partial charge in [0.15, 0.2) is 0 Å². The number of amides is 5. The molecule has 14 heteroatoms. The first-order valence-electron chi connectivity index (χ1n) is 17.8. The van der Waals surface area contributed by atoms with Crippen molar-refractivity contribution in [2.45, 2.75) is 104 Å². The Bertz CT molecular complexity index is 1560.